The highest BCUT2D eigenvalue weighted by Gasteiger charge is 2.09. The van der Waals surface area contributed by atoms with Crippen molar-refractivity contribution in [3.05, 3.63) is 12.2 Å². The summed E-state index contributed by atoms with van der Waals surface area (Å²) in [7, 11) is 0. The number of allylic oxidation sites excluding steroid dienone is 1. The van der Waals surface area contributed by atoms with Crippen LogP contribution in [0.4, 0.5) is 0 Å². The van der Waals surface area contributed by atoms with Crippen molar-refractivity contribution in [3.63, 3.8) is 0 Å². The molecule has 0 saturated heterocycles. The van der Waals surface area contributed by atoms with Gasteiger partial charge in [-0.15, -0.1) is 0 Å². The summed E-state index contributed by atoms with van der Waals surface area (Å²) < 4.78 is 10.5. The highest BCUT2D eigenvalue weighted by atomic mass is 16.5. The molecule has 0 N–H and O–H groups in total. The van der Waals surface area contributed by atoms with Crippen LogP contribution in [0, 0.1) is 0 Å². The van der Waals surface area contributed by atoms with Crippen molar-refractivity contribution < 1.29 is 14.3 Å². The summed E-state index contributed by atoms with van der Waals surface area (Å²) in [5.41, 5.74) is 0. The van der Waals surface area contributed by atoms with Crippen LogP contribution in [0.5, 0.6) is 0 Å². The predicted octanol–water partition coefficient (Wildman–Crippen LogP) is 1.46. The molecule has 0 aliphatic rings. The minimum absolute atomic E-state index is 0.0157. The van der Waals surface area contributed by atoms with E-state index in [1.807, 2.05) is 20.8 Å². The minimum Gasteiger partial charge on any atom is -0.380 e. The molecule has 0 aliphatic carbocycles. The third-order valence-electron chi connectivity index (χ3n) is 2.04. The standard InChI is InChI=1S/C12H23NO3/c1-4-7-12(14)13(8-10-15-5-2)9-11-16-6-3/h4,7H,5-6,8-11H2,1-3H3/b7-4+. The van der Waals surface area contributed by atoms with E-state index in [-0.39, 0.29) is 5.91 Å². The van der Waals surface area contributed by atoms with E-state index >= 15 is 0 Å². The monoisotopic (exact) mass is 229 g/mol. The van der Waals surface area contributed by atoms with Crippen LogP contribution in [-0.4, -0.2) is 50.3 Å². The molecule has 1 amide bonds. The van der Waals surface area contributed by atoms with Crippen LogP contribution in [0.25, 0.3) is 0 Å². The predicted molar refractivity (Wildman–Crippen MR) is 64.4 cm³/mol. The molecule has 4 heteroatoms. The molecule has 16 heavy (non-hydrogen) atoms. The van der Waals surface area contributed by atoms with Gasteiger partial charge in [-0.1, -0.05) is 6.08 Å². The molecule has 0 unspecified atom stereocenters. The summed E-state index contributed by atoms with van der Waals surface area (Å²) in [6.07, 6.45) is 3.31. The molecular weight excluding hydrogens is 206 g/mol. The van der Waals surface area contributed by atoms with E-state index in [1.54, 1.807) is 17.1 Å². The van der Waals surface area contributed by atoms with Crippen LogP contribution in [0.1, 0.15) is 20.8 Å². The van der Waals surface area contributed by atoms with Crippen molar-refractivity contribution in [2.24, 2.45) is 0 Å². The molecule has 0 saturated carbocycles. The SMILES string of the molecule is C/C=C/C(=O)N(CCOCC)CCOCC. The largest absolute Gasteiger partial charge is 0.380 e. The maximum atomic E-state index is 11.7. The van der Waals surface area contributed by atoms with Crippen LogP contribution in [0.2, 0.25) is 0 Å². The lowest BCUT2D eigenvalue weighted by Crippen LogP contribution is -2.35. The Hall–Kier alpha value is -0.870. The fourth-order valence-electron chi connectivity index (χ4n) is 1.22. The fourth-order valence-corrected chi connectivity index (χ4v) is 1.22. The van der Waals surface area contributed by atoms with Crippen molar-refractivity contribution in [3.8, 4) is 0 Å². The molecule has 0 aromatic rings. The molecule has 94 valence electrons. The van der Waals surface area contributed by atoms with Gasteiger partial charge in [0.2, 0.25) is 5.91 Å². The number of nitrogens with zero attached hydrogens (tertiary/aromatic N) is 1. The molecular formula is C12H23NO3. The van der Waals surface area contributed by atoms with Gasteiger partial charge in [-0.3, -0.25) is 4.79 Å². The van der Waals surface area contributed by atoms with Gasteiger partial charge in [0.1, 0.15) is 0 Å². The zero-order valence-electron chi connectivity index (χ0n) is 10.6. The Morgan fingerprint density at radius 3 is 2.00 bits per heavy atom. The first-order chi connectivity index (χ1) is 7.76. The van der Waals surface area contributed by atoms with Crippen LogP contribution < -0.4 is 0 Å². The second-order valence-electron chi connectivity index (χ2n) is 3.22. The average Bonchev–Trinajstić information content (AvgIpc) is 2.28. The first kappa shape index (κ1) is 15.1. The Bertz CT molecular complexity index is 194. The Morgan fingerprint density at radius 2 is 1.62 bits per heavy atom. The van der Waals surface area contributed by atoms with E-state index in [4.69, 9.17) is 9.47 Å². The maximum absolute atomic E-state index is 11.7. The van der Waals surface area contributed by atoms with Crippen molar-refractivity contribution in [1.82, 2.24) is 4.90 Å². The molecule has 0 aromatic heterocycles. The van der Waals surface area contributed by atoms with Crippen molar-refractivity contribution in [2.75, 3.05) is 39.5 Å². The van der Waals surface area contributed by atoms with E-state index in [1.165, 1.54) is 0 Å². The van der Waals surface area contributed by atoms with E-state index < -0.39 is 0 Å². The summed E-state index contributed by atoms with van der Waals surface area (Å²) in [6, 6.07) is 0. The highest BCUT2D eigenvalue weighted by molar-refractivity contribution is 5.87. The Balaban J connectivity index is 3.99. The first-order valence-electron chi connectivity index (χ1n) is 5.83. The van der Waals surface area contributed by atoms with E-state index in [0.29, 0.717) is 39.5 Å². The maximum Gasteiger partial charge on any atom is 0.246 e. The molecule has 0 rings (SSSR count). The van der Waals surface area contributed by atoms with E-state index in [2.05, 4.69) is 0 Å². The number of carbonyl (C=O) groups is 1. The Kier molecular flexibility index (Phi) is 10.1. The first-order valence-corrected chi connectivity index (χ1v) is 5.83. The third-order valence-corrected chi connectivity index (χ3v) is 2.04. The van der Waals surface area contributed by atoms with Crippen LogP contribution in [-0.2, 0) is 14.3 Å². The highest BCUT2D eigenvalue weighted by Crippen LogP contribution is 1.93. The van der Waals surface area contributed by atoms with Gasteiger partial charge in [0.25, 0.3) is 0 Å². The zero-order valence-corrected chi connectivity index (χ0v) is 10.6. The molecule has 0 bridgehead atoms. The molecule has 0 spiro atoms. The van der Waals surface area contributed by atoms with Crippen molar-refractivity contribution in [2.45, 2.75) is 20.8 Å². The number of rotatable bonds is 9. The molecule has 0 atom stereocenters. The lowest BCUT2D eigenvalue weighted by Gasteiger charge is -2.20. The fraction of sp³-hybridized carbons (Fsp3) is 0.750. The van der Waals surface area contributed by atoms with E-state index in [0.717, 1.165) is 0 Å². The molecule has 0 aromatic carbocycles. The van der Waals surface area contributed by atoms with Gasteiger partial charge < -0.3 is 14.4 Å². The van der Waals surface area contributed by atoms with Gasteiger partial charge in [0.05, 0.1) is 13.2 Å². The zero-order chi connectivity index (χ0) is 12.2. The molecule has 0 radical (unpaired) electrons. The number of amides is 1. The number of carbonyl (C=O) groups excluding carboxylic acids is 1. The molecule has 0 fully saturated rings. The van der Waals surface area contributed by atoms with Gasteiger partial charge in [0.15, 0.2) is 0 Å². The van der Waals surface area contributed by atoms with Gasteiger partial charge in [-0.25, -0.2) is 0 Å². The van der Waals surface area contributed by atoms with Gasteiger partial charge >= 0.3 is 0 Å². The van der Waals surface area contributed by atoms with Gasteiger partial charge in [-0.2, -0.15) is 0 Å². The number of hydrogen-bond acceptors (Lipinski definition) is 3. The Morgan fingerprint density at radius 1 is 1.12 bits per heavy atom. The number of ether oxygens (including phenoxy) is 2. The molecule has 4 nitrogen and oxygen atoms in total. The van der Waals surface area contributed by atoms with Crippen molar-refractivity contribution in [1.29, 1.82) is 0 Å². The van der Waals surface area contributed by atoms with Crippen molar-refractivity contribution >= 4 is 5.91 Å². The van der Waals surface area contributed by atoms with E-state index in [9.17, 15) is 4.79 Å². The lowest BCUT2D eigenvalue weighted by atomic mass is 10.4. The van der Waals surface area contributed by atoms with Gasteiger partial charge in [-0.05, 0) is 26.8 Å². The summed E-state index contributed by atoms with van der Waals surface area (Å²) in [4.78, 5) is 13.4. The Labute approximate surface area is 98.2 Å². The smallest absolute Gasteiger partial charge is 0.246 e. The second-order valence-corrected chi connectivity index (χ2v) is 3.22. The quantitative estimate of drug-likeness (QED) is 0.444. The summed E-state index contributed by atoms with van der Waals surface area (Å²) in [5, 5.41) is 0. The van der Waals surface area contributed by atoms with Crippen LogP contribution in [0.15, 0.2) is 12.2 Å². The normalized spacial score (nSPS) is 10.9. The molecule has 0 heterocycles. The lowest BCUT2D eigenvalue weighted by molar-refractivity contribution is -0.127. The van der Waals surface area contributed by atoms with Crippen LogP contribution >= 0.6 is 0 Å². The topological polar surface area (TPSA) is 38.8 Å². The summed E-state index contributed by atoms with van der Waals surface area (Å²) in [5.74, 6) is 0.0157. The number of hydrogen-bond donors (Lipinski definition) is 0. The average molecular weight is 229 g/mol. The second kappa shape index (κ2) is 10.6. The summed E-state index contributed by atoms with van der Waals surface area (Å²) >= 11 is 0. The van der Waals surface area contributed by atoms with Gasteiger partial charge in [0, 0.05) is 26.3 Å². The third kappa shape index (κ3) is 7.43. The minimum atomic E-state index is 0.0157. The molecule has 0 aliphatic heterocycles. The summed E-state index contributed by atoms with van der Waals surface area (Å²) in [6.45, 7) is 9.46. The van der Waals surface area contributed by atoms with Crippen LogP contribution in [0.3, 0.4) is 0 Å².